The van der Waals surface area contributed by atoms with Crippen LogP contribution in [0.2, 0.25) is 0 Å². The van der Waals surface area contributed by atoms with Gasteiger partial charge in [-0.25, -0.2) is 4.98 Å². The highest BCUT2D eigenvalue weighted by molar-refractivity contribution is 5.76. The molecule has 2 aromatic rings. The second-order valence-corrected chi connectivity index (χ2v) is 5.45. The lowest BCUT2D eigenvalue weighted by Gasteiger charge is -2.34. The van der Waals surface area contributed by atoms with E-state index in [2.05, 4.69) is 39.4 Å². The molecule has 0 amide bonds. The lowest BCUT2D eigenvalue weighted by molar-refractivity contribution is 0.220. The molecule has 2 unspecified atom stereocenters. The van der Waals surface area contributed by atoms with E-state index < -0.39 is 0 Å². The summed E-state index contributed by atoms with van der Waals surface area (Å²) in [6.07, 6.45) is 0. The van der Waals surface area contributed by atoms with Crippen LogP contribution in [0.5, 0.6) is 0 Å². The van der Waals surface area contributed by atoms with Gasteiger partial charge in [0.2, 0.25) is 0 Å². The first-order valence-electron chi connectivity index (χ1n) is 6.77. The van der Waals surface area contributed by atoms with Gasteiger partial charge in [0.15, 0.2) is 0 Å². The summed E-state index contributed by atoms with van der Waals surface area (Å²) in [7, 11) is 2.14. The summed E-state index contributed by atoms with van der Waals surface area (Å²) in [5.41, 5.74) is 9.63. The molecule has 1 aromatic carbocycles. The predicted octanol–water partition coefficient (Wildman–Crippen LogP) is 0.775. The van der Waals surface area contributed by atoms with E-state index in [9.17, 15) is 0 Å². The van der Waals surface area contributed by atoms with Crippen LogP contribution in [0.4, 0.5) is 0 Å². The van der Waals surface area contributed by atoms with E-state index in [1.165, 1.54) is 0 Å². The second-order valence-electron chi connectivity index (χ2n) is 5.45. The van der Waals surface area contributed by atoms with Crippen molar-refractivity contribution in [1.82, 2.24) is 20.2 Å². The summed E-state index contributed by atoms with van der Waals surface area (Å²) in [4.78, 5) is 10.0. The smallest absolute Gasteiger partial charge is 0.104 e. The van der Waals surface area contributed by atoms with Crippen LogP contribution in [0.25, 0.3) is 11.0 Å². The maximum Gasteiger partial charge on any atom is 0.104 e. The molecule has 5 nitrogen and oxygen atoms in total. The van der Waals surface area contributed by atoms with Gasteiger partial charge in [-0.2, -0.15) is 0 Å². The molecule has 1 saturated heterocycles. The Morgan fingerprint density at radius 1 is 1.47 bits per heavy atom. The predicted molar refractivity (Wildman–Crippen MR) is 77.0 cm³/mol. The highest BCUT2D eigenvalue weighted by Crippen LogP contribution is 2.21. The van der Waals surface area contributed by atoms with Gasteiger partial charge in [-0.1, -0.05) is 6.07 Å². The third-order valence-electron chi connectivity index (χ3n) is 3.85. The Kier molecular flexibility index (Phi) is 3.26. The molecule has 2 atom stereocenters. The minimum atomic E-state index is 0.00996. The van der Waals surface area contributed by atoms with Gasteiger partial charge in [-0.05, 0) is 31.7 Å². The minimum absolute atomic E-state index is 0.00996. The first-order valence-corrected chi connectivity index (χ1v) is 6.77. The van der Waals surface area contributed by atoms with Gasteiger partial charge in [0.25, 0.3) is 0 Å². The van der Waals surface area contributed by atoms with E-state index in [0.29, 0.717) is 6.04 Å². The molecule has 3 rings (SSSR count). The van der Waals surface area contributed by atoms with E-state index in [1.807, 2.05) is 13.0 Å². The lowest BCUT2D eigenvalue weighted by atomic mass is 9.98. The highest BCUT2D eigenvalue weighted by atomic mass is 15.2. The van der Waals surface area contributed by atoms with Gasteiger partial charge in [0.1, 0.15) is 5.82 Å². The average molecular weight is 259 g/mol. The van der Waals surface area contributed by atoms with E-state index >= 15 is 0 Å². The molecule has 2 heterocycles. The third kappa shape index (κ3) is 2.49. The zero-order valence-electron chi connectivity index (χ0n) is 11.5. The number of hydrogen-bond donors (Lipinski definition) is 3. The van der Waals surface area contributed by atoms with Gasteiger partial charge in [-0.3, -0.25) is 0 Å². The Balaban J connectivity index is 1.85. The minimum Gasteiger partial charge on any atom is -0.342 e. The molecular formula is C14H21N5. The molecule has 0 spiro atoms. The molecule has 1 aliphatic rings. The number of aryl methyl sites for hydroxylation is 1. The zero-order chi connectivity index (χ0) is 13.4. The molecule has 0 saturated carbocycles. The number of H-pyrrole nitrogens is 1. The monoisotopic (exact) mass is 259 g/mol. The molecule has 5 heteroatoms. The number of piperazine rings is 1. The van der Waals surface area contributed by atoms with Gasteiger partial charge in [0, 0.05) is 31.7 Å². The standard InChI is InChI=1S/C14H21N5/c1-9-17-11-4-3-10(7-12(11)18-9)14(15)13-8-19(2)6-5-16-13/h3-4,7,13-14,16H,5-6,8,15H2,1-2H3,(H,17,18). The number of benzene rings is 1. The average Bonchev–Trinajstić information content (AvgIpc) is 2.76. The fraction of sp³-hybridized carbons (Fsp3) is 0.500. The normalized spacial score (nSPS) is 22.8. The van der Waals surface area contributed by atoms with Crippen LogP contribution in [0, 0.1) is 6.92 Å². The van der Waals surface area contributed by atoms with Crippen LogP contribution in [-0.4, -0.2) is 47.6 Å². The number of hydrogen-bond acceptors (Lipinski definition) is 4. The largest absolute Gasteiger partial charge is 0.342 e. The van der Waals surface area contributed by atoms with E-state index in [-0.39, 0.29) is 6.04 Å². The molecule has 1 fully saturated rings. The zero-order valence-corrected chi connectivity index (χ0v) is 11.5. The number of fused-ring (bicyclic) bond motifs is 1. The molecule has 0 radical (unpaired) electrons. The summed E-state index contributed by atoms with van der Waals surface area (Å²) in [6, 6.07) is 6.57. The Morgan fingerprint density at radius 3 is 3.11 bits per heavy atom. The summed E-state index contributed by atoms with van der Waals surface area (Å²) in [5.74, 6) is 0.941. The maximum atomic E-state index is 6.41. The fourth-order valence-corrected chi connectivity index (χ4v) is 2.77. The van der Waals surface area contributed by atoms with Crippen molar-refractivity contribution in [3.8, 4) is 0 Å². The molecule has 1 aliphatic heterocycles. The topological polar surface area (TPSA) is 70.0 Å². The number of nitrogens with one attached hydrogen (secondary N) is 2. The van der Waals surface area contributed by atoms with E-state index in [4.69, 9.17) is 5.73 Å². The molecule has 102 valence electrons. The van der Waals surface area contributed by atoms with Crippen LogP contribution in [-0.2, 0) is 0 Å². The van der Waals surface area contributed by atoms with Crippen molar-refractivity contribution in [2.24, 2.45) is 5.73 Å². The van der Waals surface area contributed by atoms with Gasteiger partial charge in [-0.15, -0.1) is 0 Å². The van der Waals surface area contributed by atoms with Crippen LogP contribution in [0.1, 0.15) is 17.4 Å². The van der Waals surface area contributed by atoms with Crippen LogP contribution in [0.3, 0.4) is 0 Å². The van der Waals surface area contributed by atoms with Crippen molar-refractivity contribution in [3.05, 3.63) is 29.6 Å². The first-order chi connectivity index (χ1) is 9.13. The molecular weight excluding hydrogens is 238 g/mol. The summed E-state index contributed by atoms with van der Waals surface area (Å²) in [5, 5.41) is 3.51. The lowest BCUT2D eigenvalue weighted by Crippen LogP contribution is -2.53. The maximum absolute atomic E-state index is 6.41. The molecule has 0 bridgehead atoms. The van der Waals surface area contributed by atoms with Crippen molar-refractivity contribution >= 4 is 11.0 Å². The van der Waals surface area contributed by atoms with E-state index in [1.54, 1.807) is 0 Å². The Morgan fingerprint density at radius 2 is 2.32 bits per heavy atom. The van der Waals surface area contributed by atoms with Crippen molar-refractivity contribution in [3.63, 3.8) is 0 Å². The number of nitrogens with zero attached hydrogens (tertiary/aromatic N) is 2. The quantitative estimate of drug-likeness (QED) is 0.745. The van der Waals surface area contributed by atoms with Crippen molar-refractivity contribution in [2.45, 2.75) is 19.0 Å². The van der Waals surface area contributed by atoms with Crippen LogP contribution < -0.4 is 11.1 Å². The Labute approximate surface area is 113 Å². The van der Waals surface area contributed by atoms with Gasteiger partial charge < -0.3 is 20.9 Å². The number of likely N-dealkylation sites (N-methyl/N-ethyl adjacent to an activating group) is 1. The molecule has 4 N–H and O–H groups in total. The fourth-order valence-electron chi connectivity index (χ4n) is 2.77. The number of nitrogens with two attached hydrogens (primary N) is 1. The van der Waals surface area contributed by atoms with Gasteiger partial charge >= 0.3 is 0 Å². The number of aromatic nitrogens is 2. The molecule has 19 heavy (non-hydrogen) atoms. The summed E-state index contributed by atoms with van der Waals surface area (Å²) in [6.45, 7) is 5.04. The van der Waals surface area contributed by atoms with Crippen molar-refractivity contribution < 1.29 is 0 Å². The number of aromatic amines is 1. The number of imidazole rings is 1. The van der Waals surface area contributed by atoms with Crippen LogP contribution >= 0.6 is 0 Å². The van der Waals surface area contributed by atoms with Crippen LogP contribution in [0.15, 0.2) is 18.2 Å². The van der Waals surface area contributed by atoms with Crippen molar-refractivity contribution in [1.29, 1.82) is 0 Å². The molecule has 0 aliphatic carbocycles. The van der Waals surface area contributed by atoms with Gasteiger partial charge in [0.05, 0.1) is 11.0 Å². The first kappa shape index (κ1) is 12.6. The second kappa shape index (κ2) is 4.92. The van der Waals surface area contributed by atoms with Crippen molar-refractivity contribution in [2.75, 3.05) is 26.7 Å². The Hall–Kier alpha value is -1.43. The third-order valence-corrected chi connectivity index (χ3v) is 3.85. The SMILES string of the molecule is Cc1nc2ccc(C(N)C3CN(C)CCN3)cc2[nH]1. The highest BCUT2D eigenvalue weighted by Gasteiger charge is 2.24. The molecule has 1 aromatic heterocycles. The Bertz CT molecular complexity index is 576. The summed E-state index contributed by atoms with van der Waals surface area (Å²) < 4.78 is 0. The summed E-state index contributed by atoms with van der Waals surface area (Å²) >= 11 is 0. The van der Waals surface area contributed by atoms with E-state index in [0.717, 1.165) is 42.1 Å². The number of rotatable bonds is 2.